The smallest absolute Gasteiger partial charge is 0.306 e. The van der Waals surface area contributed by atoms with E-state index in [9.17, 15) is 4.79 Å². The lowest BCUT2D eigenvalue weighted by Gasteiger charge is -2.26. The quantitative estimate of drug-likeness (QED) is 0.881. The highest BCUT2D eigenvalue weighted by atomic mass is 35.5. The molecule has 0 saturated heterocycles. The first kappa shape index (κ1) is 14.1. The summed E-state index contributed by atoms with van der Waals surface area (Å²) in [4.78, 5) is 19.4. The Hall–Kier alpha value is -1.88. The van der Waals surface area contributed by atoms with Crippen LogP contribution in [0.1, 0.15) is 25.7 Å². The second-order valence-corrected chi connectivity index (χ2v) is 5.64. The standard InChI is InChI=1S/C15H15ClN2O3/c16-13-8-12-11(2-1-7-17-12)14(18-13)21-10-5-3-9(4-6-10)15(19)20/h1-2,7-10H,3-6H2,(H,19,20)/t9-,10+. The number of rotatable bonds is 3. The molecule has 1 aliphatic carbocycles. The molecule has 0 amide bonds. The van der Waals surface area contributed by atoms with Crippen molar-refractivity contribution >= 4 is 28.5 Å². The van der Waals surface area contributed by atoms with Crippen LogP contribution in [-0.4, -0.2) is 27.1 Å². The summed E-state index contributed by atoms with van der Waals surface area (Å²) in [6, 6.07) is 5.42. The van der Waals surface area contributed by atoms with E-state index in [2.05, 4.69) is 9.97 Å². The highest BCUT2D eigenvalue weighted by Gasteiger charge is 2.27. The highest BCUT2D eigenvalue weighted by molar-refractivity contribution is 6.30. The lowest BCUT2D eigenvalue weighted by Crippen LogP contribution is -2.28. The molecular formula is C15H15ClN2O3. The summed E-state index contributed by atoms with van der Waals surface area (Å²) < 4.78 is 5.95. The average molecular weight is 307 g/mol. The monoisotopic (exact) mass is 306 g/mol. The van der Waals surface area contributed by atoms with Crippen LogP contribution in [0.5, 0.6) is 5.88 Å². The summed E-state index contributed by atoms with van der Waals surface area (Å²) in [5.74, 6) is -0.496. The zero-order chi connectivity index (χ0) is 14.8. The molecule has 1 N–H and O–H groups in total. The van der Waals surface area contributed by atoms with Gasteiger partial charge in [-0.2, -0.15) is 0 Å². The second-order valence-electron chi connectivity index (χ2n) is 5.25. The maximum Gasteiger partial charge on any atom is 0.306 e. The largest absolute Gasteiger partial charge is 0.481 e. The van der Waals surface area contributed by atoms with E-state index in [1.165, 1.54) is 0 Å². The molecular weight excluding hydrogens is 292 g/mol. The molecule has 2 aromatic heterocycles. The van der Waals surface area contributed by atoms with Gasteiger partial charge in [-0.15, -0.1) is 0 Å². The first-order chi connectivity index (χ1) is 10.1. The van der Waals surface area contributed by atoms with Crippen molar-refractivity contribution in [2.45, 2.75) is 31.8 Å². The number of ether oxygens (including phenoxy) is 1. The van der Waals surface area contributed by atoms with E-state index < -0.39 is 5.97 Å². The van der Waals surface area contributed by atoms with Gasteiger partial charge < -0.3 is 9.84 Å². The van der Waals surface area contributed by atoms with Crippen molar-refractivity contribution in [3.63, 3.8) is 0 Å². The van der Waals surface area contributed by atoms with Crippen LogP contribution in [0.25, 0.3) is 10.9 Å². The maximum absolute atomic E-state index is 11.0. The number of nitrogens with zero attached hydrogens (tertiary/aromatic N) is 2. The van der Waals surface area contributed by atoms with Gasteiger partial charge in [-0.05, 0) is 37.8 Å². The third kappa shape index (κ3) is 3.08. The molecule has 0 unspecified atom stereocenters. The van der Waals surface area contributed by atoms with E-state index in [1.54, 1.807) is 12.3 Å². The van der Waals surface area contributed by atoms with Gasteiger partial charge in [0.15, 0.2) is 0 Å². The number of halogens is 1. The Morgan fingerprint density at radius 3 is 2.81 bits per heavy atom. The maximum atomic E-state index is 11.0. The predicted molar refractivity (Wildman–Crippen MR) is 78.6 cm³/mol. The minimum atomic E-state index is -0.719. The molecule has 6 heteroatoms. The van der Waals surface area contributed by atoms with E-state index >= 15 is 0 Å². The molecule has 0 atom stereocenters. The number of carboxylic acids is 1. The van der Waals surface area contributed by atoms with Gasteiger partial charge >= 0.3 is 5.97 Å². The van der Waals surface area contributed by atoms with Gasteiger partial charge in [-0.25, -0.2) is 4.98 Å². The summed E-state index contributed by atoms with van der Waals surface area (Å²) in [6.45, 7) is 0. The van der Waals surface area contributed by atoms with Gasteiger partial charge in [0.25, 0.3) is 0 Å². The number of fused-ring (bicyclic) bond motifs is 1. The van der Waals surface area contributed by atoms with Crippen molar-refractivity contribution in [1.29, 1.82) is 0 Å². The minimum absolute atomic E-state index is 0.0185. The first-order valence-corrected chi connectivity index (χ1v) is 7.32. The molecule has 0 aromatic carbocycles. The molecule has 2 aromatic rings. The van der Waals surface area contributed by atoms with Gasteiger partial charge in [0.1, 0.15) is 11.3 Å². The van der Waals surface area contributed by atoms with Crippen LogP contribution in [0, 0.1) is 5.92 Å². The van der Waals surface area contributed by atoms with Crippen molar-refractivity contribution in [1.82, 2.24) is 9.97 Å². The van der Waals surface area contributed by atoms with E-state index in [-0.39, 0.29) is 12.0 Å². The number of aliphatic carboxylic acids is 1. The Kier molecular flexibility index (Phi) is 3.92. The normalized spacial score (nSPS) is 22.1. The fraction of sp³-hybridized carbons (Fsp3) is 0.400. The molecule has 3 rings (SSSR count). The SMILES string of the molecule is O=C(O)[C@H]1CC[C@@H](Oc2nc(Cl)cc3ncccc23)CC1. The zero-order valence-corrected chi connectivity index (χ0v) is 12.1. The molecule has 0 bridgehead atoms. The molecule has 21 heavy (non-hydrogen) atoms. The minimum Gasteiger partial charge on any atom is -0.481 e. The van der Waals surface area contributed by atoms with Crippen LogP contribution in [0.2, 0.25) is 5.15 Å². The molecule has 0 aliphatic heterocycles. The van der Waals surface area contributed by atoms with Crippen molar-refractivity contribution in [2.24, 2.45) is 5.92 Å². The molecule has 110 valence electrons. The van der Waals surface area contributed by atoms with Crippen LogP contribution in [0.4, 0.5) is 0 Å². The highest BCUT2D eigenvalue weighted by Crippen LogP contribution is 2.31. The Labute approximate surface area is 126 Å². The van der Waals surface area contributed by atoms with E-state index in [1.807, 2.05) is 12.1 Å². The van der Waals surface area contributed by atoms with Crippen molar-refractivity contribution in [3.8, 4) is 5.88 Å². The van der Waals surface area contributed by atoms with Gasteiger partial charge in [0.2, 0.25) is 5.88 Å². The molecule has 0 spiro atoms. The van der Waals surface area contributed by atoms with Crippen LogP contribution in [0.15, 0.2) is 24.4 Å². The summed E-state index contributed by atoms with van der Waals surface area (Å²) in [6.07, 6.45) is 4.38. The number of carboxylic acid groups (broad SMARTS) is 1. The molecule has 2 heterocycles. The number of aromatic nitrogens is 2. The van der Waals surface area contributed by atoms with Gasteiger partial charge in [-0.3, -0.25) is 9.78 Å². The summed E-state index contributed by atoms with van der Waals surface area (Å²) in [7, 11) is 0. The van der Waals surface area contributed by atoms with Crippen LogP contribution in [0.3, 0.4) is 0 Å². The molecule has 1 aliphatic rings. The van der Waals surface area contributed by atoms with Crippen LogP contribution >= 0.6 is 11.6 Å². The molecule has 0 radical (unpaired) electrons. The summed E-state index contributed by atoms with van der Waals surface area (Å²) >= 11 is 6.00. The van der Waals surface area contributed by atoms with Crippen LogP contribution < -0.4 is 4.74 Å². The van der Waals surface area contributed by atoms with Crippen molar-refractivity contribution < 1.29 is 14.6 Å². The van der Waals surface area contributed by atoms with Crippen LogP contribution in [-0.2, 0) is 4.79 Å². The predicted octanol–water partition coefficient (Wildman–Crippen LogP) is 3.31. The summed E-state index contributed by atoms with van der Waals surface area (Å²) in [5.41, 5.74) is 0.742. The molecule has 1 saturated carbocycles. The third-order valence-corrected chi connectivity index (χ3v) is 4.03. The number of carbonyl (C=O) groups is 1. The van der Waals surface area contributed by atoms with E-state index in [0.717, 1.165) is 10.9 Å². The average Bonchev–Trinajstić information content (AvgIpc) is 2.47. The molecule has 1 fully saturated rings. The first-order valence-electron chi connectivity index (χ1n) is 6.94. The number of hydrogen-bond donors (Lipinski definition) is 1. The third-order valence-electron chi connectivity index (χ3n) is 3.83. The zero-order valence-electron chi connectivity index (χ0n) is 11.3. The Balaban J connectivity index is 1.78. The number of pyridine rings is 2. The topological polar surface area (TPSA) is 72.3 Å². The fourth-order valence-electron chi connectivity index (χ4n) is 2.69. The summed E-state index contributed by atoms with van der Waals surface area (Å²) in [5, 5.41) is 10.2. The van der Waals surface area contributed by atoms with E-state index in [4.69, 9.17) is 21.4 Å². The Morgan fingerprint density at radius 1 is 1.33 bits per heavy atom. The lowest BCUT2D eigenvalue weighted by molar-refractivity contribution is -0.143. The van der Waals surface area contributed by atoms with Crippen molar-refractivity contribution in [2.75, 3.05) is 0 Å². The Bertz CT molecular complexity index is 669. The van der Waals surface area contributed by atoms with Crippen molar-refractivity contribution in [3.05, 3.63) is 29.5 Å². The Morgan fingerprint density at radius 2 is 2.10 bits per heavy atom. The fourth-order valence-corrected chi connectivity index (χ4v) is 2.87. The molecule has 5 nitrogen and oxygen atoms in total. The van der Waals surface area contributed by atoms with Gasteiger partial charge in [-0.1, -0.05) is 11.6 Å². The van der Waals surface area contributed by atoms with Gasteiger partial charge in [0, 0.05) is 12.3 Å². The number of hydrogen-bond acceptors (Lipinski definition) is 4. The second kappa shape index (κ2) is 5.85. The van der Waals surface area contributed by atoms with Gasteiger partial charge in [0.05, 0.1) is 16.8 Å². The van der Waals surface area contributed by atoms with E-state index in [0.29, 0.717) is 36.7 Å². The lowest BCUT2D eigenvalue weighted by atomic mass is 9.87.